The first-order valence-corrected chi connectivity index (χ1v) is 6.42. The standard InChI is InChI=1S/C14H19N3O3/c1-9(19-5)12-10(13(18)20-14(2,3)4)8-15-11-6-7-16-17(11)12/h6-9H,1-5H3/t9-/m0/s1. The first-order valence-electron chi connectivity index (χ1n) is 6.42. The molecule has 0 aliphatic rings. The molecule has 0 aliphatic carbocycles. The van der Waals surface area contributed by atoms with E-state index in [1.54, 1.807) is 23.9 Å². The number of carbonyl (C=O) groups excluding carboxylic acids is 1. The van der Waals surface area contributed by atoms with Crippen molar-refractivity contribution in [2.24, 2.45) is 0 Å². The maximum absolute atomic E-state index is 12.3. The van der Waals surface area contributed by atoms with E-state index >= 15 is 0 Å². The molecule has 2 rings (SSSR count). The maximum atomic E-state index is 12.3. The largest absolute Gasteiger partial charge is 0.456 e. The maximum Gasteiger partial charge on any atom is 0.342 e. The highest BCUT2D eigenvalue weighted by Crippen LogP contribution is 2.23. The average Bonchev–Trinajstić information content (AvgIpc) is 2.82. The monoisotopic (exact) mass is 277 g/mol. The molecule has 2 aromatic heterocycles. The Morgan fingerprint density at radius 2 is 2.10 bits per heavy atom. The molecule has 2 heterocycles. The molecule has 0 aromatic carbocycles. The van der Waals surface area contributed by atoms with Gasteiger partial charge in [-0.15, -0.1) is 0 Å². The molecule has 0 saturated heterocycles. The normalized spacial score (nSPS) is 13.4. The van der Waals surface area contributed by atoms with E-state index in [4.69, 9.17) is 9.47 Å². The van der Waals surface area contributed by atoms with E-state index in [0.717, 1.165) is 0 Å². The third kappa shape index (κ3) is 2.80. The first kappa shape index (κ1) is 14.5. The highest BCUT2D eigenvalue weighted by atomic mass is 16.6. The highest BCUT2D eigenvalue weighted by Gasteiger charge is 2.25. The number of hydrogen-bond donors (Lipinski definition) is 0. The van der Waals surface area contributed by atoms with Crippen LogP contribution in [0.3, 0.4) is 0 Å². The summed E-state index contributed by atoms with van der Waals surface area (Å²) in [5.41, 5.74) is 1.10. The quantitative estimate of drug-likeness (QED) is 0.806. The van der Waals surface area contributed by atoms with Crippen molar-refractivity contribution in [2.75, 3.05) is 7.11 Å². The van der Waals surface area contributed by atoms with Crippen molar-refractivity contribution in [3.8, 4) is 0 Å². The van der Waals surface area contributed by atoms with Gasteiger partial charge < -0.3 is 9.47 Å². The number of ether oxygens (including phenoxy) is 2. The molecule has 0 unspecified atom stereocenters. The molecule has 6 heteroatoms. The van der Waals surface area contributed by atoms with Crippen LogP contribution in [0.15, 0.2) is 18.5 Å². The molecule has 0 spiro atoms. The average molecular weight is 277 g/mol. The van der Waals surface area contributed by atoms with Crippen molar-refractivity contribution in [3.05, 3.63) is 29.7 Å². The Labute approximate surface area is 117 Å². The topological polar surface area (TPSA) is 65.7 Å². The van der Waals surface area contributed by atoms with Gasteiger partial charge in [-0.3, -0.25) is 0 Å². The summed E-state index contributed by atoms with van der Waals surface area (Å²) >= 11 is 0. The second-order valence-electron chi connectivity index (χ2n) is 5.54. The molecule has 2 aromatic rings. The van der Waals surface area contributed by atoms with E-state index in [0.29, 0.717) is 16.9 Å². The highest BCUT2D eigenvalue weighted by molar-refractivity contribution is 5.91. The Balaban J connectivity index is 2.54. The van der Waals surface area contributed by atoms with Crippen LogP contribution in [0.5, 0.6) is 0 Å². The van der Waals surface area contributed by atoms with Crippen LogP contribution in [0.1, 0.15) is 49.9 Å². The zero-order valence-corrected chi connectivity index (χ0v) is 12.4. The lowest BCUT2D eigenvalue weighted by Gasteiger charge is -2.21. The van der Waals surface area contributed by atoms with Crippen LogP contribution in [-0.2, 0) is 9.47 Å². The smallest absolute Gasteiger partial charge is 0.342 e. The predicted molar refractivity (Wildman–Crippen MR) is 73.6 cm³/mol. The number of nitrogens with zero attached hydrogens (tertiary/aromatic N) is 3. The van der Waals surface area contributed by atoms with Gasteiger partial charge in [0.15, 0.2) is 5.65 Å². The van der Waals surface area contributed by atoms with E-state index in [9.17, 15) is 4.79 Å². The number of hydrogen-bond acceptors (Lipinski definition) is 5. The summed E-state index contributed by atoms with van der Waals surface area (Å²) in [4.78, 5) is 16.5. The van der Waals surface area contributed by atoms with Crippen molar-refractivity contribution in [1.82, 2.24) is 14.6 Å². The van der Waals surface area contributed by atoms with Gasteiger partial charge in [-0.2, -0.15) is 5.10 Å². The lowest BCUT2D eigenvalue weighted by molar-refractivity contribution is 0.00603. The molecule has 0 amide bonds. The van der Waals surface area contributed by atoms with Crippen LogP contribution in [0.2, 0.25) is 0 Å². The fourth-order valence-electron chi connectivity index (χ4n) is 1.88. The summed E-state index contributed by atoms with van der Waals surface area (Å²) in [5.74, 6) is -0.429. The van der Waals surface area contributed by atoms with E-state index < -0.39 is 11.6 Å². The summed E-state index contributed by atoms with van der Waals surface area (Å²) in [6.45, 7) is 7.32. The summed E-state index contributed by atoms with van der Waals surface area (Å²) in [6, 6.07) is 1.77. The second-order valence-corrected chi connectivity index (χ2v) is 5.54. The lowest BCUT2D eigenvalue weighted by Crippen LogP contribution is -2.26. The molecule has 20 heavy (non-hydrogen) atoms. The van der Waals surface area contributed by atoms with Crippen molar-refractivity contribution < 1.29 is 14.3 Å². The number of carbonyl (C=O) groups is 1. The van der Waals surface area contributed by atoms with Gasteiger partial charge in [0.2, 0.25) is 0 Å². The van der Waals surface area contributed by atoms with Gasteiger partial charge in [0.05, 0.1) is 18.0 Å². The van der Waals surface area contributed by atoms with Crippen molar-refractivity contribution in [2.45, 2.75) is 39.4 Å². The fraction of sp³-hybridized carbons (Fsp3) is 0.500. The third-order valence-corrected chi connectivity index (χ3v) is 2.81. The number of rotatable bonds is 3. The van der Waals surface area contributed by atoms with Gasteiger partial charge in [-0.1, -0.05) is 0 Å². The molecule has 0 bridgehead atoms. The minimum Gasteiger partial charge on any atom is -0.456 e. The minimum atomic E-state index is -0.566. The van der Waals surface area contributed by atoms with Gasteiger partial charge in [0, 0.05) is 19.4 Å². The van der Waals surface area contributed by atoms with Crippen molar-refractivity contribution in [3.63, 3.8) is 0 Å². The summed E-state index contributed by atoms with van der Waals surface area (Å²) in [6.07, 6.45) is 2.84. The number of fused-ring (bicyclic) bond motifs is 1. The van der Waals surface area contributed by atoms with E-state index in [-0.39, 0.29) is 6.10 Å². The second kappa shape index (κ2) is 5.20. The number of aromatic nitrogens is 3. The van der Waals surface area contributed by atoms with Crippen LogP contribution >= 0.6 is 0 Å². The van der Waals surface area contributed by atoms with E-state index in [1.807, 2.05) is 27.7 Å². The Morgan fingerprint density at radius 1 is 1.40 bits per heavy atom. The van der Waals surface area contributed by atoms with Crippen molar-refractivity contribution in [1.29, 1.82) is 0 Å². The minimum absolute atomic E-state index is 0.303. The molecule has 6 nitrogen and oxygen atoms in total. The molecule has 0 fully saturated rings. The van der Waals surface area contributed by atoms with Crippen LogP contribution in [0.4, 0.5) is 0 Å². The van der Waals surface area contributed by atoms with Gasteiger partial charge in [0.1, 0.15) is 11.2 Å². The Morgan fingerprint density at radius 3 is 2.70 bits per heavy atom. The molecule has 108 valence electrons. The van der Waals surface area contributed by atoms with Gasteiger partial charge in [-0.25, -0.2) is 14.3 Å². The number of methoxy groups -OCH3 is 1. The molecule has 0 radical (unpaired) electrons. The fourth-order valence-corrected chi connectivity index (χ4v) is 1.88. The zero-order valence-electron chi connectivity index (χ0n) is 12.4. The third-order valence-electron chi connectivity index (χ3n) is 2.81. The molecular formula is C14H19N3O3. The Kier molecular flexibility index (Phi) is 3.76. The van der Waals surface area contributed by atoms with E-state index in [2.05, 4.69) is 10.1 Å². The Hall–Kier alpha value is -1.95. The van der Waals surface area contributed by atoms with Gasteiger partial charge in [-0.05, 0) is 27.7 Å². The van der Waals surface area contributed by atoms with Gasteiger partial charge >= 0.3 is 5.97 Å². The Bertz CT molecular complexity index is 628. The molecule has 0 aliphatic heterocycles. The molecule has 1 atom stereocenters. The van der Waals surface area contributed by atoms with Crippen LogP contribution in [0.25, 0.3) is 5.65 Å². The number of esters is 1. The zero-order chi connectivity index (χ0) is 14.9. The molecule has 0 saturated carbocycles. The molecule has 0 N–H and O–H groups in total. The van der Waals surface area contributed by atoms with Crippen molar-refractivity contribution >= 4 is 11.6 Å². The summed E-state index contributed by atoms with van der Waals surface area (Å²) in [7, 11) is 1.58. The lowest BCUT2D eigenvalue weighted by atomic mass is 10.1. The first-order chi connectivity index (χ1) is 9.33. The molecular weight excluding hydrogens is 258 g/mol. The SMILES string of the molecule is CO[C@@H](C)c1c(C(=O)OC(C)(C)C)cnc2ccnn12. The predicted octanol–water partition coefficient (Wildman–Crippen LogP) is 2.39. The van der Waals surface area contributed by atoms with Crippen LogP contribution < -0.4 is 0 Å². The summed E-state index contributed by atoms with van der Waals surface area (Å²) in [5, 5.41) is 4.19. The van der Waals surface area contributed by atoms with Crippen LogP contribution in [-0.4, -0.2) is 33.3 Å². The summed E-state index contributed by atoms with van der Waals surface area (Å²) < 4.78 is 12.4. The van der Waals surface area contributed by atoms with Gasteiger partial charge in [0.25, 0.3) is 0 Å². The van der Waals surface area contributed by atoms with E-state index in [1.165, 1.54) is 6.20 Å². The van der Waals surface area contributed by atoms with Crippen LogP contribution in [0, 0.1) is 0 Å².